The molecule has 210 valence electrons. The van der Waals surface area contributed by atoms with Crippen molar-refractivity contribution in [2.24, 2.45) is 18.4 Å². The Kier molecular flexibility index (Phi) is 7.30. The Hall–Kier alpha value is -3.21. The number of rotatable bonds is 7. The molecule has 1 N–H and O–H groups in total. The molecule has 1 aromatic carbocycles. The van der Waals surface area contributed by atoms with Crippen molar-refractivity contribution >= 4 is 5.97 Å². The van der Waals surface area contributed by atoms with Gasteiger partial charge in [0.15, 0.2) is 0 Å². The van der Waals surface area contributed by atoms with Gasteiger partial charge >= 0.3 is 12.1 Å². The molecule has 1 aliphatic carbocycles. The highest BCUT2D eigenvalue weighted by molar-refractivity contribution is 5.67. The lowest BCUT2D eigenvalue weighted by molar-refractivity contribution is -0.139. The Balaban J connectivity index is 1.32. The molecule has 0 saturated carbocycles. The molecular weight excluding hydrogens is 511 g/mol. The minimum absolute atomic E-state index is 0.0260. The molecule has 3 aromatic rings. The first-order valence-corrected chi connectivity index (χ1v) is 13.4. The minimum Gasteiger partial charge on any atom is -0.481 e. The van der Waals surface area contributed by atoms with Crippen LogP contribution in [0.15, 0.2) is 22.7 Å². The zero-order valence-corrected chi connectivity index (χ0v) is 22.5. The number of carboxylic acid groups (broad SMARTS) is 1. The van der Waals surface area contributed by atoms with Crippen LogP contribution in [0, 0.1) is 11.3 Å². The lowest BCUT2D eigenvalue weighted by Crippen LogP contribution is -2.35. The van der Waals surface area contributed by atoms with Gasteiger partial charge in [-0.1, -0.05) is 25.1 Å². The lowest BCUT2D eigenvalue weighted by atomic mass is 9.76. The number of benzene rings is 1. The molecule has 2 aromatic heterocycles. The number of halogens is 3. The molecule has 1 fully saturated rings. The molecular formula is C28H34F3N5O3. The summed E-state index contributed by atoms with van der Waals surface area (Å²) in [5.41, 5.74) is 2.71. The molecule has 1 saturated heterocycles. The van der Waals surface area contributed by atoms with Crippen molar-refractivity contribution in [3.63, 3.8) is 0 Å². The van der Waals surface area contributed by atoms with Crippen LogP contribution in [0.1, 0.15) is 61.9 Å². The van der Waals surface area contributed by atoms with E-state index in [0.29, 0.717) is 25.3 Å². The molecule has 0 spiro atoms. The largest absolute Gasteiger partial charge is 0.481 e. The van der Waals surface area contributed by atoms with E-state index in [1.807, 2.05) is 11.7 Å². The molecule has 3 heterocycles. The molecule has 8 nitrogen and oxygen atoms in total. The van der Waals surface area contributed by atoms with E-state index in [0.717, 1.165) is 49.4 Å². The highest BCUT2D eigenvalue weighted by Gasteiger charge is 2.35. The number of alkyl halides is 3. The number of nitrogens with zero attached hydrogens (tertiary/aromatic N) is 5. The van der Waals surface area contributed by atoms with E-state index in [4.69, 9.17) is 9.63 Å². The van der Waals surface area contributed by atoms with E-state index in [1.165, 1.54) is 6.07 Å². The summed E-state index contributed by atoms with van der Waals surface area (Å²) in [7, 11) is 1.89. The van der Waals surface area contributed by atoms with Crippen LogP contribution in [-0.2, 0) is 37.3 Å². The summed E-state index contributed by atoms with van der Waals surface area (Å²) >= 11 is 0. The summed E-state index contributed by atoms with van der Waals surface area (Å²) in [6, 6.07) is 4.17. The summed E-state index contributed by atoms with van der Waals surface area (Å²) in [4.78, 5) is 17.5. The van der Waals surface area contributed by atoms with Gasteiger partial charge < -0.3 is 14.5 Å². The maximum Gasteiger partial charge on any atom is 0.416 e. The number of carbonyl (C=O) groups is 1. The smallest absolute Gasteiger partial charge is 0.416 e. The van der Waals surface area contributed by atoms with Crippen molar-refractivity contribution in [3.05, 3.63) is 40.6 Å². The molecule has 39 heavy (non-hydrogen) atoms. The third-order valence-corrected chi connectivity index (χ3v) is 8.14. The minimum atomic E-state index is -4.53. The van der Waals surface area contributed by atoms with Gasteiger partial charge in [-0.15, -0.1) is 0 Å². The van der Waals surface area contributed by atoms with Crippen molar-refractivity contribution in [1.82, 2.24) is 24.8 Å². The second-order valence-corrected chi connectivity index (χ2v) is 11.7. The first-order valence-electron chi connectivity index (χ1n) is 13.4. The number of aryl methyl sites for hydroxylation is 1. The highest BCUT2D eigenvalue weighted by Crippen LogP contribution is 2.39. The Labute approximate surface area is 225 Å². The van der Waals surface area contributed by atoms with E-state index >= 15 is 0 Å². The molecule has 1 aliphatic heterocycles. The molecule has 0 atom stereocenters. The molecule has 0 radical (unpaired) electrons. The average Bonchev–Trinajstić information content (AvgIpc) is 3.47. The number of carboxylic acids is 1. The van der Waals surface area contributed by atoms with Gasteiger partial charge in [0, 0.05) is 36.8 Å². The van der Waals surface area contributed by atoms with Gasteiger partial charge in [-0.05, 0) is 80.6 Å². The summed E-state index contributed by atoms with van der Waals surface area (Å²) in [5, 5.41) is 17.7. The van der Waals surface area contributed by atoms with E-state index in [2.05, 4.69) is 34.0 Å². The Morgan fingerprint density at radius 1 is 1.23 bits per heavy atom. The zero-order chi connectivity index (χ0) is 27.9. The number of aromatic nitrogens is 4. The Morgan fingerprint density at radius 3 is 2.67 bits per heavy atom. The van der Waals surface area contributed by atoms with Crippen LogP contribution in [0.3, 0.4) is 0 Å². The van der Waals surface area contributed by atoms with Gasteiger partial charge in [-0.3, -0.25) is 9.48 Å². The van der Waals surface area contributed by atoms with Crippen LogP contribution >= 0.6 is 0 Å². The van der Waals surface area contributed by atoms with Crippen molar-refractivity contribution in [2.45, 2.75) is 65.0 Å². The number of hydrogen-bond acceptors (Lipinski definition) is 6. The molecule has 0 amide bonds. The van der Waals surface area contributed by atoms with Crippen molar-refractivity contribution < 1.29 is 27.6 Å². The second kappa shape index (κ2) is 10.4. The molecule has 0 bridgehead atoms. The monoisotopic (exact) mass is 545 g/mol. The lowest BCUT2D eigenvalue weighted by Gasteiger charge is -2.31. The third-order valence-electron chi connectivity index (χ3n) is 8.14. The number of aliphatic carboxylic acids is 1. The van der Waals surface area contributed by atoms with Crippen LogP contribution < -0.4 is 0 Å². The highest BCUT2D eigenvalue weighted by atomic mass is 19.4. The summed E-state index contributed by atoms with van der Waals surface area (Å²) in [5.74, 6) is -0.366. The van der Waals surface area contributed by atoms with E-state index in [9.17, 15) is 18.0 Å². The third kappa shape index (κ3) is 6.03. The fraction of sp³-hybridized carbons (Fsp3) is 0.571. The topological polar surface area (TPSA) is 97.3 Å². The van der Waals surface area contributed by atoms with Gasteiger partial charge in [0.25, 0.3) is 5.89 Å². The van der Waals surface area contributed by atoms with Crippen molar-refractivity contribution in [2.75, 3.05) is 19.6 Å². The zero-order valence-electron chi connectivity index (χ0n) is 22.5. The first-order chi connectivity index (χ1) is 18.4. The quantitative estimate of drug-likeness (QED) is 0.425. The molecule has 0 unspecified atom stereocenters. The van der Waals surface area contributed by atoms with Crippen LogP contribution in [0.2, 0.25) is 0 Å². The average molecular weight is 546 g/mol. The first kappa shape index (κ1) is 27.4. The van der Waals surface area contributed by atoms with Crippen LogP contribution in [-0.4, -0.2) is 55.5 Å². The van der Waals surface area contributed by atoms with Crippen molar-refractivity contribution in [3.8, 4) is 23.0 Å². The van der Waals surface area contributed by atoms with Gasteiger partial charge in [0.1, 0.15) is 5.69 Å². The number of likely N-dealkylation sites (tertiary alicyclic amines) is 1. The van der Waals surface area contributed by atoms with Gasteiger partial charge in [-0.25, -0.2) is 0 Å². The number of piperidine rings is 1. The van der Waals surface area contributed by atoms with E-state index in [1.54, 1.807) is 6.07 Å². The predicted molar refractivity (Wildman–Crippen MR) is 138 cm³/mol. The summed E-state index contributed by atoms with van der Waals surface area (Å²) < 4.78 is 49.4. The maximum atomic E-state index is 14.1. The molecule has 5 rings (SSSR count). The number of fused-ring (bicyclic) bond motifs is 1. The van der Waals surface area contributed by atoms with Crippen molar-refractivity contribution in [1.29, 1.82) is 0 Å². The number of hydrogen-bond donors (Lipinski definition) is 1. The van der Waals surface area contributed by atoms with Gasteiger partial charge in [-0.2, -0.15) is 23.3 Å². The standard InChI is InChI=1S/C28H34F3N5O3/c1-27(2)10-6-20-22(16-27)35(3)33-24(20)25-32-26(39-34-25)19-5-4-18(21(15-19)28(29,30)31)9-13-36-11-7-17(8-12-36)14-23(37)38/h4-5,15,17H,6-14,16H2,1-3H3,(H,37,38). The van der Waals surface area contributed by atoms with Crippen LogP contribution in [0.4, 0.5) is 13.2 Å². The molecule has 2 aliphatic rings. The molecule has 11 heteroatoms. The summed E-state index contributed by atoms with van der Waals surface area (Å²) in [6.45, 7) is 6.31. The van der Waals surface area contributed by atoms with E-state index in [-0.39, 0.29) is 47.0 Å². The predicted octanol–water partition coefficient (Wildman–Crippen LogP) is 5.40. The van der Waals surface area contributed by atoms with Gasteiger partial charge in [0.05, 0.1) is 5.56 Å². The second-order valence-electron chi connectivity index (χ2n) is 11.7. The Bertz CT molecular complexity index is 1350. The van der Waals surface area contributed by atoms with E-state index < -0.39 is 17.7 Å². The fourth-order valence-electron chi connectivity index (χ4n) is 5.84. The van der Waals surface area contributed by atoms with Gasteiger partial charge in [0.2, 0.25) is 5.82 Å². The van der Waals surface area contributed by atoms with Crippen LogP contribution in [0.5, 0.6) is 0 Å². The normalized spacial score (nSPS) is 18.3. The Morgan fingerprint density at radius 2 is 1.97 bits per heavy atom. The maximum absolute atomic E-state index is 14.1. The van der Waals surface area contributed by atoms with Crippen LogP contribution in [0.25, 0.3) is 23.0 Å². The fourth-order valence-corrected chi connectivity index (χ4v) is 5.84. The SMILES string of the molecule is Cn1nc(-c2noc(-c3ccc(CCN4CCC(CC(=O)O)CC4)c(C(F)(F)F)c3)n2)c2c1CC(C)(C)CC2. The summed E-state index contributed by atoms with van der Waals surface area (Å²) in [6.07, 6.45) is 0.0564.